The summed E-state index contributed by atoms with van der Waals surface area (Å²) in [7, 11) is 0. The lowest BCUT2D eigenvalue weighted by Gasteiger charge is -2.38. The van der Waals surface area contributed by atoms with Gasteiger partial charge < -0.3 is 10.2 Å². The molecule has 0 unspecified atom stereocenters. The first kappa shape index (κ1) is 23.1. The van der Waals surface area contributed by atoms with E-state index >= 15 is 0 Å². The molecule has 6 heteroatoms. The van der Waals surface area contributed by atoms with Gasteiger partial charge in [0.2, 0.25) is 5.43 Å². The molecule has 35 heavy (non-hydrogen) atoms. The van der Waals surface area contributed by atoms with Crippen LogP contribution in [-0.4, -0.2) is 10.2 Å². The third kappa shape index (κ3) is 3.77. The van der Waals surface area contributed by atoms with Crippen molar-refractivity contribution in [1.29, 1.82) is 0 Å². The first-order chi connectivity index (χ1) is 16.5. The van der Waals surface area contributed by atoms with Crippen LogP contribution in [0.3, 0.4) is 0 Å². The second kappa shape index (κ2) is 8.84. The largest absolute Gasteiger partial charge is 0.454 e. The molecule has 0 spiro atoms. The van der Waals surface area contributed by atoms with E-state index in [0.717, 1.165) is 52.8 Å². The summed E-state index contributed by atoms with van der Waals surface area (Å²) in [6.45, 7) is 1.96. The van der Waals surface area contributed by atoms with Gasteiger partial charge in [0, 0.05) is 27.9 Å². The summed E-state index contributed by atoms with van der Waals surface area (Å²) in [5, 5.41) is 7.68. The van der Waals surface area contributed by atoms with Crippen LogP contribution in [0.4, 0.5) is 0 Å². The van der Waals surface area contributed by atoms with Gasteiger partial charge in [0.25, 0.3) is 0 Å². The number of H-pyrrole nitrogens is 1. The summed E-state index contributed by atoms with van der Waals surface area (Å²) in [4.78, 5) is 14.0. The van der Waals surface area contributed by atoms with E-state index in [1.807, 2.05) is 67.6 Å². The van der Waals surface area contributed by atoms with Crippen LogP contribution >= 0.6 is 12.4 Å². The van der Waals surface area contributed by atoms with E-state index in [9.17, 15) is 4.79 Å². The summed E-state index contributed by atoms with van der Waals surface area (Å²) in [5.74, 6) is 0.561. The summed E-state index contributed by atoms with van der Waals surface area (Å²) >= 11 is 0. The van der Waals surface area contributed by atoms with E-state index in [4.69, 9.17) is 10.2 Å². The number of nitrogens with two attached hydrogens (primary N) is 1. The molecule has 0 amide bonds. The van der Waals surface area contributed by atoms with E-state index in [1.165, 1.54) is 0 Å². The number of nitrogens with zero attached hydrogens (tertiary/aromatic N) is 1. The number of para-hydroxylation sites is 1. The average Bonchev–Trinajstić information content (AvgIpc) is 3.28. The smallest absolute Gasteiger partial charge is 0.201 e. The number of benzene rings is 3. The Bertz CT molecular complexity index is 1570. The van der Waals surface area contributed by atoms with Gasteiger partial charge in [-0.1, -0.05) is 66.7 Å². The zero-order valence-electron chi connectivity index (χ0n) is 19.4. The van der Waals surface area contributed by atoms with E-state index in [-0.39, 0.29) is 23.4 Å². The zero-order chi connectivity index (χ0) is 23.3. The monoisotopic (exact) mass is 483 g/mol. The standard InChI is InChI=1S/C29H25N3O2.ClH/c1-18-24(17-31-32-18)22-9-5-10-23-26(33)25(27(34-28(22)23)20-7-3-2-4-8-20)19-11-13-21(14-12-19)29(30)15-6-16-29;/h2-5,7-14,17H,6,15-16,30H2,1H3,(H,31,32);1H. The number of halogens is 1. The minimum Gasteiger partial charge on any atom is -0.454 e. The topological polar surface area (TPSA) is 84.9 Å². The highest BCUT2D eigenvalue weighted by atomic mass is 35.5. The highest BCUT2D eigenvalue weighted by molar-refractivity contribution is 5.97. The molecule has 3 aromatic carbocycles. The number of aromatic nitrogens is 2. The Morgan fingerprint density at radius 1 is 0.914 bits per heavy atom. The highest BCUT2D eigenvalue weighted by Crippen LogP contribution is 2.40. The van der Waals surface area contributed by atoms with Crippen LogP contribution < -0.4 is 11.2 Å². The summed E-state index contributed by atoms with van der Waals surface area (Å²) in [6.07, 6.45) is 4.91. The van der Waals surface area contributed by atoms with Crippen molar-refractivity contribution >= 4 is 23.4 Å². The van der Waals surface area contributed by atoms with E-state index in [2.05, 4.69) is 22.3 Å². The van der Waals surface area contributed by atoms with Crippen molar-refractivity contribution < 1.29 is 4.42 Å². The van der Waals surface area contributed by atoms with Gasteiger partial charge in [-0.15, -0.1) is 12.4 Å². The summed E-state index contributed by atoms with van der Waals surface area (Å²) < 4.78 is 6.59. The maximum Gasteiger partial charge on any atom is 0.201 e. The number of fused-ring (bicyclic) bond motifs is 1. The molecule has 0 radical (unpaired) electrons. The molecule has 2 heterocycles. The van der Waals surface area contributed by atoms with Crippen molar-refractivity contribution in [2.45, 2.75) is 31.7 Å². The third-order valence-electron chi connectivity index (χ3n) is 7.07. The molecule has 1 saturated carbocycles. The van der Waals surface area contributed by atoms with E-state index in [1.54, 1.807) is 6.20 Å². The van der Waals surface area contributed by atoms with Crippen molar-refractivity contribution in [3.8, 4) is 33.6 Å². The van der Waals surface area contributed by atoms with Crippen LogP contribution in [0, 0.1) is 6.92 Å². The molecule has 5 nitrogen and oxygen atoms in total. The lowest BCUT2D eigenvalue weighted by Crippen LogP contribution is -2.43. The minimum absolute atomic E-state index is 0. The van der Waals surface area contributed by atoms with Crippen LogP contribution in [-0.2, 0) is 5.54 Å². The predicted molar refractivity (Wildman–Crippen MR) is 143 cm³/mol. The van der Waals surface area contributed by atoms with Crippen LogP contribution in [0.1, 0.15) is 30.5 Å². The number of rotatable bonds is 4. The van der Waals surface area contributed by atoms with Gasteiger partial charge >= 0.3 is 0 Å². The van der Waals surface area contributed by atoms with Gasteiger partial charge in [-0.05, 0) is 43.4 Å². The Morgan fingerprint density at radius 2 is 1.66 bits per heavy atom. The first-order valence-corrected chi connectivity index (χ1v) is 11.6. The van der Waals surface area contributed by atoms with Crippen molar-refractivity contribution in [1.82, 2.24) is 10.2 Å². The van der Waals surface area contributed by atoms with Crippen LogP contribution in [0.5, 0.6) is 0 Å². The number of aryl methyl sites for hydroxylation is 1. The fourth-order valence-electron chi connectivity index (χ4n) is 4.92. The highest BCUT2D eigenvalue weighted by Gasteiger charge is 2.34. The Kier molecular flexibility index (Phi) is 5.83. The normalized spacial score (nSPS) is 14.3. The van der Waals surface area contributed by atoms with Gasteiger partial charge in [0.15, 0.2) is 0 Å². The van der Waals surface area contributed by atoms with Gasteiger partial charge in [-0.2, -0.15) is 5.10 Å². The molecule has 0 aliphatic heterocycles. The Hall–Kier alpha value is -3.67. The van der Waals surface area contributed by atoms with Crippen molar-refractivity contribution in [3.05, 3.63) is 100 Å². The zero-order valence-corrected chi connectivity index (χ0v) is 20.2. The first-order valence-electron chi connectivity index (χ1n) is 11.6. The SMILES string of the molecule is Cc1[nH]ncc1-c1cccc2c(=O)c(-c3ccc(C4(N)CCC4)cc3)c(-c3ccccc3)oc12.Cl. The van der Waals surface area contributed by atoms with Crippen molar-refractivity contribution in [3.63, 3.8) is 0 Å². The van der Waals surface area contributed by atoms with Crippen LogP contribution in [0.2, 0.25) is 0 Å². The van der Waals surface area contributed by atoms with E-state index < -0.39 is 0 Å². The lowest BCUT2D eigenvalue weighted by molar-refractivity contribution is 0.253. The third-order valence-corrected chi connectivity index (χ3v) is 7.07. The maximum absolute atomic E-state index is 14.0. The predicted octanol–water partition coefficient (Wildman–Crippen LogP) is 6.59. The Morgan fingerprint density at radius 3 is 2.29 bits per heavy atom. The molecule has 5 aromatic rings. The molecule has 2 aromatic heterocycles. The van der Waals surface area contributed by atoms with Crippen molar-refractivity contribution in [2.24, 2.45) is 5.73 Å². The summed E-state index contributed by atoms with van der Waals surface area (Å²) in [5.41, 5.74) is 12.8. The second-order valence-corrected chi connectivity index (χ2v) is 9.18. The van der Waals surface area contributed by atoms with Gasteiger partial charge in [-0.25, -0.2) is 0 Å². The Labute approximate surface area is 209 Å². The maximum atomic E-state index is 14.0. The van der Waals surface area contributed by atoms with E-state index in [0.29, 0.717) is 22.3 Å². The minimum atomic E-state index is -0.244. The molecule has 0 bridgehead atoms. The number of aromatic amines is 1. The molecule has 176 valence electrons. The lowest BCUT2D eigenvalue weighted by atomic mass is 9.72. The summed E-state index contributed by atoms with van der Waals surface area (Å²) in [6, 6.07) is 23.6. The average molecular weight is 484 g/mol. The van der Waals surface area contributed by atoms with Gasteiger partial charge in [0.1, 0.15) is 11.3 Å². The quantitative estimate of drug-likeness (QED) is 0.302. The fraction of sp³-hybridized carbons (Fsp3) is 0.172. The van der Waals surface area contributed by atoms with Gasteiger partial charge in [0.05, 0.1) is 17.1 Å². The molecule has 1 fully saturated rings. The molecule has 6 rings (SSSR count). The molecule has 1 aliphatic rings. The molecule has 1 aliphatic carbocycles. The molecular formula is C29H26ClN3O2. The van der Waals surface area contributed by atoms with Crippen molar-refractivity contribution in [2.75, 3.05) is 0 Å². The van der Waals surface area contributed by atoms with Gasteiger partial charge in [-0.3, -0.25) is 9.89 Å². The number of hydrogen-bond donors (Lipinski definition) is 2. The number of hydrogen-bond acceptors (Lipinski definition) is 4. The molecule has 3 N–H and O–H groups in total. The number of nitrogens with one attached hydrogen (secondary N) is 1. The fourth-order valence-corrected chi connectivity index (χ4v) is 4.92. The molecular weight excluding hydrogens is 458 g/mol. The second-order valence-electron chi connectivity index (χ2n) is 9.18. The van der Waals surface area contributed by atoms with Crippen LogP contribution in [0.25, 0.3) is 44.5 Å². The molecule has 0 atom stereocenters. The van der Waals surface area contributed by atoms with Crippen LogP contribution in [0.15, 0.2) is 88.2 Å². The molecule has 0 saturated heterocycles. The Balaban J connectivity index is 0.00000253.